The van der Waals surface area contributed by atoms with Gasteiger partial charge in [0, 0.05) is 32.9 Å². The van der Waals surface area contributed by atoms with Gasteiger partial charge in [0.1, 0.15) is 12.4 Å². The minimum absolute atomic E-state index is 0.241. The quantitative estimate of drug-likeness (QED) is 0.289. The van der Waals surface area contributed by atoms with Crippen LogP contribution < -0.4 is 10.1 Å². The average Bonchev–Trinajstić information content (AvgIpc) is 3.19. The largest absolute Gasteiger partial charge is 0.489 e. The summed E-state index contributed by atoms with van der Waals surface area (Å²) in [6.45, 7) is 4.82. The normalized spacial score (nSPS) is 10.8. The Balaban J connectivity index is 1.41. The van der Waals surface area contributed by atoms with Crippen LogP contribution in [0.3, 0.4) is 0 Å². The van der Waals surface area contributed by atoms with Crippen LogP contribution in [0.4, 0.5) is 5.82 Å². The number of anilines is 1. The van der Waals surface area contributed by atoms with Gasteiger partial charge < -0.3 is 10.1 Å². The maximum atomic E-state index is 12.9. The average molecular weight is 494 g/mol. The number of ether oxygens (including phenoxy) is 1. The number of nitrogens with one attached hydrogen (secondary N) is 1. The number of nitrogens with zero attached hydrogens (tertiary/aromatic N) is 2. The summed E-state index contributed by atoms with van der Waals surface area (Å²) in [6, 6.07) is 22.6. The van der Waals surface area contributed by atoms with Gasteiger partial charge in [0.25, 0.3) is 5.91 Å². The number of rotatable bonds is 8. The number of aromatic nitrogens is 2. The van der Waals surface area contributed by atoms with E-state index in [1.54, 1.807) is 28.9 Å². The summed E-state index contributed by atoms with van der Waals surface area (Å²) in [6.07, 6.45) is 0.989. The number of carbonyl (C=O) groups is 1. The number of aryl methyl sites for hydroxylation is 2. The molecule has 0 atom stereocenters. The summed E-state index contributed by atoms with van der Waals surface area (Å²) in [5, 5.41) is 8.53. The molecule has 0 aliphatic heterocycles. The first-order valence-corrected chi connectivity index (χ1v) is 11.8. The van der Waals surface area contributed by atoms with Gasteiger partial charge in [0.2, 0.25) is 0 Å². The van der Waals surface area contributed by atoms with E-state index in [1.807, 2.05) is 43.3 Å². The van der Waals surface area contributed by atoms with Crippen LogP contribution in [0.15, 0.2) is 72.8 Å². The van der Waals surface area contributed by atoms with E-state index in [2.05, 4.69) is 29.5 Å². The van der Waals surface area contributed by atoms with Gasteiger partial charge in [0.05, 0.1) is 6.54 Å². The predicted octanol–water partition coefficient (Wildman–Crippen LogP) is 6.94. The van der Waals surface area contributed by atoms with Crippen LogP contribution >= 0.6 is 23.2 Å². The van der Waals surface area contributed by atoms with Crippen molar-refractivity contribution in [2.24, 2.45) is 0 Å². The Morgan fingerprint density at radius 2 is 1.68 bits per heavy atom. The van der Waals surface area contributed by atoms with Gasteiger partial charge in [-0.3, -0.25) is 9.48 Å². The Morgan fingerprint density at radius 1 is 0.971 bits per heavy atom. The van der Waals surface area contributed by atoms with Crippen molar-refractivity contribution in [1.82, 2.24) is 9.78 Å². The van der Waals surface area contributed by atoms with Gasteiger partial charge >= 0.3 is 0 Å². The van der Waals surface area contributed by atoms with Gasteiger partial charge in [-0.1, -0.05) is 60.5 Å². The van der Waals surface area contributed by atoms with Crippen LogP contribution in [0.1, 0.15) is 39.7 Å². The molecule has 1 aromatic heterocycles. The molecular weight excluding hydrogens is 469 g/mol. The third-order valence-electron chi connectivity index (χ3n) is 5.52. The molecule has 7 heteroatoms. The molecule has 0 aliphatic carbocycles. The fraction of sp³-hybridized carbons (Fsp3) is 0.185. The molecule has 4 aromatic rings. The molecule has 0 bridgehead atoms. The summed E-state index contributed by atoms with van der Waals surface area (Å²) in [5.41, 5.74) is 4.36. The Morgan fingerprint density at radius 3 is 2.38 bits per heavy atom. The lowest BCUT2D eigenvalue weighted by molar-refractivity contribution is 0.102. The second-order valence-electron chi connectivity index (χ2n) is 7.97. The second kappa shape index (κ2) is 10.8. The van der Waals surface area contributed by atoms with E-state index in [0.29, 0.717) is 34.6 Å². The highest BCUT2D eigenvalue weighted by molar-refractivity contribution is 6.36. The number of hydrogen-bond donors (Lipinski definition) is 1. The van der Waals surface area contributed by atoms with Crippen molar-refractivity contribution in [3.63, 3.8) is 0 Å². The molecule has 1 N–H and O–H groups in total. The molecule has 0 spiro atoms. The van der Waals surface area contributed by atoms with Crippen molar-refractivity contribution in [3.05, 3.63) is 111 Å². The molecule has 174 valence electrons. The van der Waals surface area contributed by atoms with Gasteiger partial charge in [0.15, 0.2) is 5.82 Å². The van der Waals surface area contributed by atoms with E-state index in [-0.39, 0.29) is 5.91 Å². The summed E-state index contributed by atoms with van der Waals surface area (Å²) >= 11 is 12.6. The molecular formula is C27H25Cl2N3O2. The van der Waals surface area contributed by atoms with Crippen molar-refractivity contribution in [2.45, 2.75) is 33.4 Å². The van der Waals surface area contributed by atoms with E-state index in [0.717, 1.165) is 29.0 Å². The Kier molecular flexibility index (Phi) is 7.56. The number of halogens is 2. The fourth-order valence-electron chi connectivity index (χ4n) is 3.54. The lowest BCUT2D eigenvalue weighted by atomic mass is 10.1. The maximum absolute atomic E-state index is 12.9. The van der Waals surface area contributed by atoms with Crippen molar-refractivity contribution in [2.75, 3.05) is 5.32 Å². The van der Waals surface area contributed by atoms with E-state index >= 15 is 0 Å². The zero-order valence-electron chi connectivity index (χ0n) is 19.0. The summed E-state index contributed by atoms with van der Waals surface area (Å²) in [4.78, 5) is 12.9. The van der Waals surface area contributed by atoms with Gasteiger partial charge in [-0.25, -0.2) is 0 Å². The number of benzene rings is 3. The van der Waals surface area contributed by atoms with E-state index in [4.69, 9.17) is 27.9 Å². The zero-order valence-corrected chi connectivity index (χ0v) is 20.5. The minimum atomic E-state index is -0.241. The molecule has 4 rings (SSSR count). The Labute approximate surface area is 209 Å². The van der Waals surface area contributed by atoms with Gasteiger partial charge in [-0.15, -0.1) is 0 Å². The highest BCUT2D eigenvalue weighted by Gasteiger charge is 2.13. The van der Waals surface area contributed by atoms with Gasteiger partial charge in [-0.2, -0.15) is 5.10 Å². The molecule has 5 nitrogen and oxygen atoms in total. The number of hydrogen-bond acceptors (Lipinski definition) is 3. The Hall–Kier alpha value is -3.28. The predicted molar refractivity (Wildman–Crippen MR) is 137 cm³/mol. The molecule has 3 aromatic carbocycles. The van der Waals surface area contributed by atoms with Crippen LogP contribution in [0, 0.1) is 6.92 Å². The number of amides is 1. The first kappa shape index (κ1) is 23.9. The lowest BCUT2D eigenvalue weighted by Crippen LogP contribution is -2.13. The molecule has 34 heavy (non-hydrogen) atoms. The van der Waals surface area contributed by atoms with E-state index in [1.165, 1.54) is 5.56 Å². The first-order chi connectivity index (χ1) is 16.4. The zero-order chi connectivity index (χ0) is 24.1. The maximum Gasteiger partial charge on any atom is 0.256 e. The SMILES string of the molecule is CCc1ccc(OCc2cccc(C(=O)Nc3cc(C)n(Cc4c(Cl)cccc4Cl)n3)c2)cc1. The molecule has 0 fully saturated rings. The monoisotopic (exact) mass is 493 g/mol. The summed E-state index contributed by atoms with van der Waals surface area (Å²) < 4.78 is 7.63. The molecule has 0 radical (unpaired) electrons. The molecule has 0 aliphatic rings. The minimum Gasteiger partial charge on any atom is -0.489 e. The standard InChI is InChI=1S/C27H25Cl2N3O2/c1-3-19-10-12-22(13-11-19)34-17-20-6-4-7-21(15-20)27(33)30-26-14-18(2)32(31-26)16-23-24(28)8-5-9-25(23)29/h4-15H,3,16-17H2,1-2H3,(H,30,31,33). The topological polar surface area (TPSA) is 56.1 Å². The lowest BCUT2D eigenvalue weighted by Gasteiger charge is -2.09. The highest BCUT2D eigenvalue weighted by atomic mass is 35.5. The van der Waals surface area contributed by atoms with Crippen molar-refractivity contribution < 1.29 is 9.53 Å². The van der Waals surface area contributed by atoms with Crippen LogP contribution in [0.2, 0.25) is 10.0 Å². The van der Waals surface area contributed by atoms with Crippen LogP contribution in [-0.4, -0.2) is 15.7 Å². The molecule has 0 saturated heterocycles. The third kappa shape index (κ3) is 5.79. The molecule has 1 amide bonds. The van der Waals surface area contributed by atoms with E-state index < -0.39 is 0 Å². The first-order valence-electron chi connectivity index (χ1n) is 11.0. The highest BCUT2D eigenvalue weighted by Crippen LogP contribution is 2.26. The van der Waals surface area contributed by atoms with Crippen molar-refractivity contribution >= 4 is 34.9 Å². The van der Waals surface area contributed by atoms with Crippen LogP contribution in [0.25, 0.3) is 0 Å². The number of carbonyl (C=O) groups excluding carboxylic acids is 1. The van der Waals surface area contributed by atoms with E-state index in [9.17, 15) is 4.79 Å². The summed E-state index contributed by atoms with van der Waals surface area (Å²) in [5.74, 6) is 1.02. The van der Waals surface area contributed by atoms with Gasteiger partial charge in [-0.05, 0) is 60.9 Å². The second-order valence-corrected chi connectivity index (χ2v) is 8.78. The van der Waals surface area contributed by atoms with Crippen molar-refractivity contribution in [3.8, 4) is 5.75 Å². The smallest absolute Gasteiger partial charge is 0.256 e. The Bertz CT molecular complexity index is 1280. The van der Waals surface area contributed by atoms with Crippen LogP contribution in [0.5, 0.6) is 5.75 Å². The van der Waals surface area contributed by atoms with Crippen molar-refractivity contribution in [1.29, 1.82) is 0 Å². The summed E-state index contributed by atoms with van der Waals surface area (Å²) in [7, 11) is 0. The molecule has 1 heterocycles. The third-order valence-corrected chi connectivity index (χ3v) is 6.23. The molecule has 0 unspecified atom stereocenters. The fourth-order valence-corrected chi connectivity index (χ4v) is 4.06. The molecule has 0 saturated carbocycles. The van der Waals surface area contributed by atoms with Crippen LogP contribution in [-0.2, 0) is 19.6 Å².